The third-order valence-electron chi connectivity index (χ3n) is 8.08. The Hall–Kier alpha value is -4.07. The third-order valence-corrected chi connectivity index (χ3v) is 8.08. The van der Waals surface area contributed by atoms with Crippen LogP contribution >= 0.6 is 0 Å². The number of hydrogen-bond acceptors (Lipinski definition) is 5. The smallest absolute Gasteiger partial charge is 0.161 e. The SMILES string of the molecule is C.COc1cc2c(cc1OCc1ccc(-n3cccn3)cc1)CCN1Cc3c(c4ccccc4n3CO)CC21. The second-order valence-corrected chi connectivity index (χ2v) is 10.1. The van der Waals surface area contributed by atoms with Crippen LogP contribution in [0.3, 0.4) is 0 Å². The number of para-hydroxylation sites is 1. The summed E-state index contributed by atoms with van der Waals surface area (Å²) in [6.07, 6.45) is 5.59. The van der Waals surface area contributed by atoms with Gasteiger partial charge in [0.1, 0.15) is 13.3 Å². The molecule has 2 aliphatic rings. The van der Waals surface area contributed by atoms with Crippen LogP contribution in [0.25, 0.3) is 16.6 Å². The van der Waals surface area contributed by atoms with Crippen molar-refractivity contribution >= 4 is 10.9 Å². The molecule has 0 spiro atoms. The predicted octanol–water partition coefficient (Wildman–Crippen LogP) is 5.66. The van der Waals surface area contributed by atoms with Gasteiger partial charge in [0.25, 0.3) is 0 Å². The maximum Gasteiger partial charge on any atom is 0.161 e. The molecule has 0 aliphatic carbocycles. The normalized spacial score (nSPS) is 16.2. The van der Waals surface area contributed by atoms with Crippen LogP contribution in [-0.2, 0) is 32.7 Å². The number of methoxy groups -OCH3 is 1. The van der Waals surface area contributed by atoms with Gasteiger partial charge in [0.15, 0.2) is 11.5 Å². The van der Waals surface area contributed by atoms with Crippen LogP contribution in [0.1, 0.15) is 41.4 Å². The van der Waals surface area contributed by atoms with Crippen LogP contribution in [-0.4, -0.2) is 38.0 Å². The first-order chi connectivity index (χ1) is 18.7. The Balaban J connectivity index is 0.00000277. The van der Waals surface area contributed by atoms with Gasteiger partial charge in [0.2, 0.25) is 0 Å². The van der Waals surface area contributed by atoms with Gasteiger partial charge in [-0.05, 0) is 71.5 Å². The molecule has 1 atom stereocenters. The molecule has 0 fully saturated rings. The summed E-state index contributed by atoms with van der Waals surface area (Å²) in [5, 5.41) is 15.7. The van der Waals surface area contributed by atoms with Crippen molar-refractivity contribution in [2.75, 3.05) is 13.7 Å². The summed E-state index contributed by atoms with van der Waals surface area (Å²) in [7, 11) is 1.71. The fourth-order valence-electron chi connectivity index (χ4n) is 6.17. The Morgan fingerprint density at radius 2 is 1.87 bits per heavy atom. The molecule has 7 nitrogen and oxygen atoms in total. The van der Waals surface area contributed by atoms with E-state index in [0.29, 0.717) is 6.61 Å². The zero-order valence-electron chi connectivity index (χ0n) is 21.4. The number of rotatable bonds is 6. The minimum atomic E-state index is 0. The lowest BCUT2D eigenvalue weighted by Crippen LogP contribution is -2.39. The number of fused-ring (bicyclic) bond motifs is 6. The van der Waals surface area contributed by atoms with E-state index in [4.69, 9.17) is 9.47 Å². The molecule has 1 N–H and O–H groups in total. The van der Waals surface area contributed by atoms with E-state index in [0.717, 1.165) is 54.2 Å². The van der Waals surface area contributed by atoms with Gasteiger partial charge in [-0.15, -0.1) is 0 Å². The molecular formula is C32H34N4O3. The summed E-state index contributed by atoms with van der Waals surface area (Å²) in [5.41, 5.74) is 8.44. The summed E-state index contributed by atoms with van der Waals surface area (Å²) < 4.78 is 16.0. The monoisotopic (exact) mass is 522 g/mol. The van der Waals surface area contributed by atoms with Crippen molar-refractivity contribution in [2.45, 2.75) is 46.2 Å². The molecule has 4 heterocycles. The van der Waals surface area contributed by atoms with Crippen molar-refractivity contribution in [3.8, 4) is 17.2 Å². The highest BCUT2D eigenvalue weighted by molar-refractivity contribution is 5.86. The molecule has 39 heavy (non-hydrogen) atoms. The molecular weight excluding hydrogens is 488 g/mol. The molecule has 0 saturated carbocycles. The molecule has 0 saturated heterocycles. The number of aliphatic hydroxyl groups excluding tert-OH is 1. The van der Waals surface area contributed by atoms with Crippen LogP contribution in [0.4, 0.5) is 0 Å². The van der Waals surface area contributed by atoms with Crippen LogP contribution in [0.2, 0.25) is 0 Å². The molecule has 2 aromatic heterocycles. The van der Waals surface area contributed by atoms with E-state index in [1.165, 1.54) is 27.8 Å². The molecule has 3 aromatic carbocycles. The summed E-state index contributed by atoms with van der Waals surface area (Å²) >= 11 is 0. The predicted molar refractivity (Wildman–Crippen MR) is 152 cm³/mol. The first-order valence-corrected chi connectivity index (χ1v) is 13.1. The standard InChI is InChI=1S/C31H30N4O3.CH4/c1-37-30-17-25-22(15-31(30)38-19-21-7-9-23(10-8-21)35-13-4-12-32-35)11-14-33-18-29-26(16-28(25)33)24-5-2-3-6-27(24)34(29)20-36;/h2-10,12-13,15,17,28,36H,11,14,16,18-20H2,1H3;1H4. The average Bonchev–Trinajstić information content (AvgIpc) is 3.61. The summed E-state index contributed by atoms with van der Waals surface area (Å²) in [6.45, 7) is 2.29. The van der Waals surface area contributed by atoms with Gasteiger partial charge in [0.05, 0.1) is 18.3 Å². The van der Waals surface area contributed by atoms with Crippen molar-refractivity contribution in [1.82, 2.24) is 19.2 Å². The van der Waals surface area contributed by atoms with Crippen molar-refractivity contribution < 1.29 is 14.6 Å². The van der Waals surface area contributed by atoms with Gasteiger partial charge in [-0.2, -0.15) is 5.10 Å². The Morgan fingerprint density at radius 1 is 1.03 bits per heavy atom. The van der Waals surface area contributed by atoms with Crippen molar-refractivity contribution in [3.05, 3.63) is 107 Å². The van der Waals surface area contributed by atoms with E-state index in [1.54, 1.807) is 13.3 Å². The molecule has 0 radical (unpaired) electrons. The zero-order chi connectivity index (χ0) is 25.6. The highest BCUT2D eigenvalue weighted by atomic mass is 16.5. The van der Waals surface area contributed by atoms with Gasteiger partial charge >= 0.3 is 0 Å². The minimum Gasteiger partial charge on any atom is -0.493 e. The first kappa shape index (κ1) is 25.2. The van der Waals surface area contributed by atoms with Gasteiger partial charge < -0.3 is 19.1 Å². The van der Waals surface area contributed by atoms with E-state index in [-0.39, 0.29) is 20.2 Å². The fourth-order valence-corrected chi connectivity index (χ4v) is 6.17. The number of nitrogens with zero attached hydrogens (tertiary/aromatic N) is 4. The fraction of sp³-hybridized carbons (Fsp3) is 0.281. The number of aliphatic hydroxyl groups is 1. The van der Waals surface area contributed by atoms with E-state index < -0.39 is 0 Å². The maximum absolute atomic E-state index is 10.1. The van der Waals surface area contributed by atoms with Crippen molar-refractivity contribution in [2.24, 2.45) is 0 Å². The summed E-state index contributed by atoms with van der Waals surface area (Å²) in [6, 6.07) is 23.2. The van der Waals surface area contributed by atoms with Gasteiger partial charge in [-0.3, -0.25) is 4.90 Å². The molecule has 2 aliphatic heterocycles. The first-order valence-electron chi connectivity index (χ1n) is 13.1. The number of ether oxygens (including phenoxy) is 2. The van der Waals surface area contributed by atoms with Crippen molar-refractivity contribution in [3.63, 3.8) is 0 Å². The Kier molecular flexibility index (Phi) is 6.62. The van der Waals surface area contributed by atoms with E-state index in [9.17, 15) is 5.11 Å². The lowest BCUT2D eigenvalue weighted by Gasteiger charge is -2.41. The highest BCUT2D eigenvalue weighted by Gasteiger charge is 2.35. The lowest BCUT2D eigenvalue weighted by molar-refractivity contribution is 0.145. The van der Waals surface area contributed by atoms with Crippen LogP contribution in [0.5, 0.6) is 11.5 Å². The van der Waals surface area contributed by atoms with Crippen molar-refractivity contribution in [1.29, 1.82) is 0 Å². The minimum absolute atomic E-state index is 0. The van der Waals surface area contributed by atoms with E-state index in [2.05, 4.69) is 69.2 Å². The number of benzene rings is 3. The lowest BCUT2D eigenvalue weighted by atomic mass is 9.85. The highest BCUT2D eigenvalue weighted by Crippen LogP contribution is 2.44. The Morgan fingerprint density at radius 3 is 2.64 bits per heavy atom. The molecule has 7 rings (SSSR count). The Labute approximate surface area is 228 Å². The molecule has 7 heteroatoms. The second-order valence-electron chi connectivity index (χ2n) is 10.1. The quantitative estimate of drug-likeness (QED) is 0.312. The zero-order valence-corrected chi connectivity index (χ0v) is 21.4. The molecule has 0 bridgehead atoms. The van der Waals surface area contributed by atoms with E-state index >= 15 is 0 Å². The number of aromatic nitrogens is 3. The maximum atomic E-state index is 10.1. The molecule has 5 aromatic rings. The summed E-state index contributed by atoms with van der Waals surface area (Å²) in [5.74, 6) is 1.55. The second kappa shape index (κ2) is 10.2. The van der Waals surface area contributed by atoms with Crippen LogP contribution in [0, 0.1) is 0 Å². The Bertz CT molecular complexity index is 1610. The van der Waals surface area contributed by atoms with Crippen LogP contribution in [0.15, 0.2) is 79.1 Å². The topological polar surface area (TPSA) is 64.7 Å². The molecule has 1 unspecified atom stereocenters. The summed E-state index contributed by atoms with van der Waals surface area (Å²) in [4.78, 5) is 2.54. The number of hydrogen-bond donors (Lipinski definition) is 1. The third kappa shape index (κ3) is 4.28. The van der Waals surface area contributed by atoms with Crippen LogP contribution < -0.4 is 9.47 Å². The van der Waals surface area contributed by atoms with Gasteiger partial charge in [0, 0.05) is 42.6 Å². The molecule has 0 amide bonds. The van der Waals surface area contributed by atoms with Gasteiger partial charge in [-0.25, -0.2) is 4.68 Å². The van der Waals surface area contributed by atoms with Gasteiger partial charge in [-0.1, -0.05) is 37.8 Å². The average molecular weight is 523 g/mol. The molecule has 200 valence electrons. The largest absolute Gasteiger partial charge is 0.493 e. The van der Waals surface area contributed by atoms with E-state index in [1.807, 2.05) is 23.0 Å².